The molecule has 0 bridgehead atoms. The molecule has 1 aromatic rings. The second-order valence-electron chi connectivity index (χ2n) is 3.12. The van der Waals surface area contributed by atoms with Crippen molar-refractivity contribution in [2.24, 2.45) is 10.6 Å². The normalized spacial score (nSPS) is 9.33. The monoisotopic (exact) mass is 248 g/mol. The fourth-order valence-electron chi connectivity index (χ4n) is 1.21. The first kappa shape index (κ1) is 13.2. The predicted octanol–water partition coefficient (Wildman–Crippen LogP) is 0.756. The van der Waals surface area contributed by atoms with E-state index in [0.29, 0.717) is 0 Å². The molecule has 1 aromatic carbocycles. The molecule has 0 N–H and O–H groups in total. The molecule has 8 nitrogen and oxygen atoms in total. The van der Waals surface area contributed by atoms with Crippen LogP contribution in [0.25, 0.3) is 0 Å². The first-order valence-electron chi connectivity index (χ1n) is 4.58. The maximum absolute atomic E-state index is 11.7. The van der Waals surface area contributed by atoms with Crippen LogP contribution in [-0.2, 0) is 0 Å². The van der Waals surface area contributed by atoms with Crippen molar-refractivity contribution in [3.63, 3.8) is 0 Å². The van der Waals surface area contributed by atoms with Crippen LogP contribution in [0.5, 0.6) is 0 Å². The SMILES string of the molecule is C=[N+](N=O)C(=O)c1ccccc1C(=O)[N+](=C)N=O. The van der Waals surface area contributed by atoms with Gasteiger partial charge in [-0.05, 0) is 12.1 Å². The average molecular weight is 248 g/mol. The lowest BCUT2D eigenvalue weighted by molar-refractivity contribution is -0.429. The average Bonchev–Trinajstić information content (AvgIpc) is 2.43. The summed E-state index contributed by atoms with van der Waals surface area (Å²) in [5.41, 5.74) is -0.260. The zero-order valence-corrected chi connectivity index (χ0v) is 9.15. The molecule has 0 unspecified atom stereocenters. The number of carbonyl (C=O) groups excluding carboxylic acids is 2. The van der Waals surface area contributed by atoms with E-state index in [9.17, 15) is 19.4 Å². The van der Waals surface area contributed by atoms with Gasteiger partial charge in [0, 0.05) is 9.37 Å². The highest BCUT2D eigenvalue weighted by Crippen LogP contribution is 2.11. The van der Waals surface area contributed by atoms with Gasteiger partial charge in [-0.2, -0.15) is 0 Å². The van der Waals surface area contributed by atoms with Gasteiger partial charge in [0.05, 0.1) is 0 Å². The minimum Gasteiger partial charge on any atom is -0.211 e. The van der Waals surface area contributed by atoms with E-state index in [2.05, 4.69) is 24.0 Å². The van der Waals surface area contributed by atoms with Gasteiger partial charge in [0.1, 0.15) is 11.1 Å². The summed E-state index contributed by atoms with van der Waals surface area (Å²) in [4.78, 5) is 43.8. The highest BCUT2D eigenvalue weighted by Gasteiger charge is 2.31. The Morgan fingerprint density at radius 1 is 0.889 bits per heavy atom. The van der Waals surface area contributed by atoms with E-state index >= 15 is 0 Å². The summed E-state index contributed by atoms with van der Waals surface area (Å²) in [6, 6.07) is 5.53. The van der Waals surface area contributed by atoms with Crippen molar-refractivity contribution in [3.8, 4) is 0 Å². The minimum absolute atomic E-state index is 0.130. The van der Waals surface area contributed by atoms with Crippen LogP contribution in [0.3, 0.4) is 0 Å². The highest BCUT2D eigenvalue weighted by atomic mass is 16.3. The summed E-state index contributed by atoms with van der Waals surface area (Å²) in [5, 5.41) is 4.65. The van der Waals surface area contributed by atoms with E-state index in [1.54, 1.807) is 0 Å². The van der Waals surface area contributed by atoms with Gasteiger partial charge in [0.25, 0.3) is 0 Å². The summed E-state index contributed by atoms with van der Waals surface area (Å²) < 4.78 is 0.571. The second-order valence-corrected chi connectivity index (χ2v) is 3.12. The Balaban J connectivity index is 3.31. The molecule has 0 heterocycles. The van der Waals surface area contributed by atoms with Crippen molar-refractivity contribution < 1.29 is 19.0 Å². The quantitative estimate of drug-likeness (QED) is 0.340. The Bertz CT molecular complexity index is 528. The van der Waals surface area contributed by atoms with Gasteiger partial charge in [-0.3, -0.25) is 0 Å². The Kier molecular flexibility index (Phi) is 3.98. The second kappa shape index (κ2) is 5.43. The van der Waals surface area contributed by atoms with Crippen LogP contribution in [0, 0.1) is 9.81 Å². The third kappa shape index (κ3) is 2.43. The van der Waals surface area contributed by atoms with Gasteiger partial charge < -0.3 is 0 Å². The van der Waals surface area contributed by atoms with E-state index in [1.165, 1.54) is 24.3 Å². The fourth-order valence-corrected chi connectivity index (χ4v) is 1.21. The molecule has 0 fully saturated rings. The van der Waals surface area contributed by atoms with Gasteiger partial charge in [-0.15, -0.1) is 0 Å². The Hall–Kier alpha value is -2.90. The summed E-state index contributed by atoms with van der Waals surface area (Å²) in [6.07, 6.45) is 0. The van der Waals surface area contributed by atoms with Crippen molar-refractivity contribution in [2.75, 3.05) is 0 Å². The topological polar surface area (TPSA) is 99.0 Å². The van der Waals surface area contributed by atoms with E-state index in [4.69, 9.17) is 0 Å². The number of nitroso groups, excluding NO2 is 2. The third-order valence-electron chi connectivity index (χ3n) is 2.05. The van der Waals surface area contributed by atoms with Crippen LogP contribution in [0.15, 0.2) is 34.8 Å². The van der Waals surface area contributed by atoms with Gasteiger partial charge in [-0.1, -0.05) is 21.9 Å². The molecule has 0 saturated carbocycles. The van der Waals surface area contributed by atoms with Gasteiger partial charge in [0.2, 0.25) is 10.6 Å². The number of amides is 2. The molecule has 18 heavy (non-hydrogen) atoms. The van der Waals surface area contributed by atoms with Gasteiger partial charge in [0.15, 0.2) is 13.4 Å². The van der Waals surface area contributed by atoms with E-state index in [0.717, 1.165) is 0 Å². The molecule has 2 amide bonds. The van der Waals surface area contributed by atoms with Crippen LogP contribution in [0.4, 0.5) is 0 Å². The number of carbonyl (C=O) groups is 2. The van der Waals surface area contributed by atoms with Crippen LogP contribution >= 0.6 is 0 Å². The van der Waals surface area contributed by atoms with Gasteiger partial charge in [-0.25, -0.2) is 9.59 Å². The summed E-state index contributed by atoms with van der Waals surface area (Å²) in [5.74, 6) is -1.76. The number of benzene rings is 1. The standard InChI is InChI=1S/C10H8N4O4/c1-13(11-17)9(15)7-5-3-4-6-8(7)10(16)14(2)12-18/h3-6H,1-2H2/q+2. The molecule has 0 radical (unpaired) electrons. The Labute approximate surface area is 101 Å². The lowest BCUT2D eigenvalue weighted by atomic mass is 10.1. The number of nitrogens with zero attached hydrogens (tertiary/aromatic N) is 4. The molecule has 8 heteroatoms. The Morgan fingerprint density at radius 3 is 1.50 bits per heavy atom. The number of rotatable bonds is 4. The number of hydrogen-bond acceptors (Lipinski definition) is 6. The van der Waals surface area contributed by atoms with Crippen LogP contribution in [-0.4, -0.2) is 34.6 Å². The van der Waals surface area contributed by atoms with Crippen molar-refractivity contribution in [3.05, 3.63) is 45.2 Å². The van der Waals surface area contributed by atoms with Gasteiger partial charge >= 0.3 is 11.8 Å². The summed E-state index contributed by atoms with van der Waals surface area (Å²) in [7, 11) is 0. The molecule has 90 valence electrons. The molecular formula is C10H8N4O4+2. The fraction of sp³-hybridized carbons (Fsp3) is 0. The van der Waals surface area contributed by atoms with Crippen molar-refractivity contribution in [2.45, 2.75) is 0 Å². The minimum atomic E-state index is -0.881. The Morgan fingerprint density at radius 2 is 1.22 bits per heavy atom. The van der Waals surface area contributed by atoms with Crippen molar-refractivity contribution in [1.82, 2.24) is 0 Å². The molecule has 0 atom stereocenters. The maximum Gasteiger partial charge on any atom is 0.452 e. The van der Waals surface area contributed by atoms with E-state index in [-0.39, 0.29) is 20.5 Å². The smallest absolute Gasteiger partial charge is 0.211 e. The first-order valence-corrected chi connectivity index (χ1v) is 4.58. The zero-order valence-electron chi connectivity index (χ0n) is 9.15. The largest absolute Gasteiger partial charge is 0.452 e. The van der Waals surface area contributed by atoms with Crippen LogP contribution < -0.4 is 0 Å². The van der Waals surface area contributed by atoms with Crippen LogP contribution in [0.2, 0.25) is 0 Å². The maximum atomic E-state index is 11.7. The van der Waals surface area contributed by atoms with Crippen molar-refractivity contribution in [1.29, 1.82) is 0 Å². The zero-order chi connectivity index (χ0) is 13.7. The molecule has 1 rings (SSSR count). The summed E-state index contributed by atoms with van der Waals surface area (Å²) in [6.45, 7) is 6.15. The predicted molar refractivity (Wildman–Crippen MR) is 61.5 cm³/mol. The lowest BCUT2D eigenvalue weighted by Gasteiger charge is -1.97. The molecule has 0 aliphatic heterocycles. The molecular weight excluding hydrogens is 240 g/mol. The van der Waals surface area contributed by atoms with E-state index < -0.39 is 11.8 Å². The van der Waals surface area contributed by atoms with Crippen molar-refractivity contribution >= 4 is 25.2 Å². The van der Waals surface area contributed by atoms with E-state index in [1.807, 2.05) is 0 Å². The lowest BCUT2D eigenvalue weighted by Crippen LogP contribution is -2.21. The summed E-state index contributed by atoms with van der Waals surface area (Å²) >= 11 is 0. The third-order valence-corrected chi connectivity index (χ3v) is 2.05. The van der Waals surface area contributed by atoms with Crippen LogP contribution in [0.1, 0.15) is 20.7 Å². The molecule has 0 spiro atoms. The molecule has 0 aliphatic carbocycles. The first-order chi connectivity index (χ1) is 8.52. The molecule has 0 aliphatic rings. The molecule has 0 saturated heterocycles. The molecule has 0 aromatic heterocycles. The highest BCUT2D eigenvalue weighted by molar-refractivity contribution is 6.02. The number of hydrogen-bond donors (Lipinski definition) is 0.